The minimum atomic E-state index is -1.42. The molecule has 3 rings (SSSR count). The Morgan fingerprint density at radius 3 is 2.57 bits per heavy atom. The van der Waals surface area contributed by atoms with Gasteiger partial charge in [-0.3, -0.25) is 14.6 Å². The van der Waals surface area contributed by atoms with Crippen LogP contribution in [0.1, 0.15) is 40.1 Å². The van der Waals surface area contributed by atoms with E-state index < -0.39 is 28.6 Å². The van der Waals surface area contributed by atoms with Gasteiger partial charge < -0.3 is 14.8 Å². The van der Waals surface area contributed by atoms with Crippen LogP contribution in [0.4, 0.5) is 0 Å². The topological polar surface area (TPSA) is 103 Å². The number of hydrogen-bond donors (Lipinski definition) is 2. The number of hydrogen-bond acceptors (Lipinski definition) is 5. The van der Waals surface area contributed by atoms with E-state index >= 15 is 0 Å². The average Bonchev–Trinajstić information content (AvgIpc) is 2.67. The van der Waals surface area contributed by atoms with Crippen molar-refractivity contribution in [1.29, 1.82) is 0 Å². The van der Waals surface area contributed by atoms with Gasteiger partial charge >= 0.3 is 5.97 Å². The molecular formula is C13H15N3O5. The molecule has 112 valence electrons. The van der Waals surface area contributed by atoms with Crippen LogP contribution in [0, 0.1) is 0 Å². The van der Waals surface area contributed by atoms with Crippen molar-refractivity contribution in [2.45, 2.75) is 25.9 Å². The van der Waals surface area contributed by atoms with Gasteiger partial charge in [0.2, 0.25) is 5.43 Å². The second-order valence-corrected chi connectivity index (χ2v) is 5.20. The Morgan fingerprint density at radius 2 is 1.86 bits per heavy atom. The Bertz CT molecular complexity index is 681. The zero-order valence-corrected chi connectivity index (χ0v) is 11.3. The molecule has 0 aromatic carbocycles. The Labute approximate surface area is 119 Å². The molecule has 3 heterocycles. The molecule has 1 aromatic heterocycles. The summed E-state index contributed by atoms with van der Waals surface area (Å²) in [5.74, 6) is -2.67. The van der Waals surface area contributed by atoms with E-state index in [4.69, 9.17) is 5.11 Å². The zero-order chi connectivity index (χ0) is 15.1. The molecule has 0 bridgehead atoms. The van der Waals surface area contributed by atoms with Crippen LogP contribution >= 0.6 is 0 Å². The number of fused-ring (bicyclic) bond motifs is 2. The summed E-state index contributed by atoms with van der Waals surface area (Å²) in [6, 6.07) is 0. The lowest BCUT2D eigenvalue weighted by atomic mass is 10.2. The number of carboxylic acids is 1. The van der Waals surface area contributed by atoms with Crippen molar-refractivity contribution < 1.29 is 19.8 Å². The zero-order valence-electron chi connectivity index (χ0n) is 11.3. The molecule has 0 saturated carbocycles. The van der Waals surface area contributed by atoms with E-state index in [2.05, 4.69) is 0 Å². The predicted molar refractivity (Wildman–Crippen MR) is 70.9 cm³/mol. The lowest BCUT2D eigenvalue weighted by molar-refractivity contribution is -0.0380. The molecular weight excluding hydrogens is 278 g/mol. The van der Waals surface area contributed by atoms with Crippen LogP contribution in [0.5, 0.6) is 5.75 Å². The van der Waals surface area contributed by atoms with E-state index in [9.17, 15) is 19.5 Å². The SMILES string of the molecule is O=C(O)c1cn2c(c(O)c1=O)C(=O)N1CCCCCN1C2. The summed E-state index contributed by atoms with van der Waals surface area (Å²) < 4.78 is 1.34. The third kappa shape index (κ3) is 2.07. The van der Waals surface area contributed by atoms with Gasteiger partial charge in [0, 0.05) is 19.3 Å². The monoisotopic (exact) mass is 293 g/mol. The molecule has 0 aliphatic carbocycles. The minimum Gasteiger partial charge on any atom is -0.503 e. The van der Waals surface area contributed by atoms with Gasteiger partial charge in [-0.15, -0.1) is 0 Å². The predicted octanol–water partition coefficient (Wildman–Crippen LogP) is 0.0663. The molecule has 1 amide bonds. The summed E-state index contributed by atoms with van der Waals surface area (Å²) in [6.07, 6.45) is 3.93. The quantitative estimate of drug-likeness (QED) is 0.759. The van der Waals surface area contributed by atoms with Crippen LogP contribution in [-0.4, -0.2) is 49.8 Å². The van der Waals surface area contributed by atoms with E-state index in [0.29, 0.717) is 13.1 Å². The fraction of sp³-hybridized carbons (Fsp3) is 0.462. The highest BCUT2D eigenvalue weighted by atomic mass is 16.4. The molecule has 0 atom stereocenters. The molecule has 2 aliphatic rings. The molecule has 21 heavy (non-hydrogen) atoms. The van der Waals surface area contributed by atoms with E-state index in [0.717, 1.165) is 25.5 Å². The lowest BCUT2D eigenvalue weighted by Crippen LogP contribution is -2.52. The van der Waals surface area contributed by atoms with Crippen LogP contribution in [-0.2, 0) is 6.67 Å². The first kappa shape index (κ1) is 13.6. The van der Waals surface area contributed by atoms with Gasteiger partial charge in [0.25, 0.3) is 5.91 Å². The Hall–Kier alpha value is -2.35. The summed E-state index contributed by atoms with van der Waals surface area (Å²) in [4.78, 5) is 35.3. The number of amides is 1. The van der Waals surface area contributed by atoms with Crippen LogP contribution in [0.15, 0.2) is 11.0 Å². The van der Waals surface area contributed by atoms with Crippen molar-refractivity contribution in [1.82, 2.24) is 14.6 Å². The van der Waals surface area contributed by atoms with E-state index in [1.54, 1.807) is 0 Å². The van der Waals surface area contributed by atoms with Gasteiger partial charge in [0.1, 0.15) is 5.56 Å². The van der Waals surface area contributed by atoms with Gasteiger partial charge in [0.15, 0.2) is 11.4 Å². The molecule has 8 nitrogen and oxygen atoms in total. The Morgan fingerprint density at radius 1 is 1.14 bits per heavy atom. The lowest BCUT2D eigenvalue weighted by Gasteiger charge is -2.39. The number of hydrazine groups is 1. The second kappa shape index (κ2) is 4.88. The molecule has 8 heteroatoms. The van der Waals surface area contributed by atoms with Crippen LogP contribution in [0.2, 0.25) is 0 Å². The molecule has 2 N–H and O–H groups in total. The van der Waals surface area contributed by atoms with Crippen LogP contribution in [0.25, 0.3) is 0 Å². The van der Waals surface area contributed by atoms with E-state index in [1.165, 1.54) is 9.58 Å². The van der Waals surface area contributed by atoms with Crippen LogP contribution in [0.3, 0.4) is 0 Å². The van der Waals surface area contributed by atoms with Gasteiger partial charge in [-0.2, -0.15) is 5.01 Å². The van der Waals surface area contributed by atoms with Crippen LogP contribution < -0.4 is 5.43 Å². The summed E-state index contributed by atoms with van der Waals surface area (Å²) >= 11 is 0. The summed E-state index contributed by atoms with van der Waals surface area (Å²) in [7, 11) is 0. The summed E-state index contributed by atoms with van der Waals surface area (Å²) in [5.41, 5.74) is -1.69. The number of carboxylic acid groups (broad SMARTS) is 1. The average molecular weight is 293 g/mol. The van der Waals surface area contributed by atoms with Crippen molar-refractivity contribution >= 4 is 11.9 Å². The number of aromatic nitrogens is 1. The number of carbonyl (C=O) groups is 2. The molecule has 0 spiro atoms. The first-order chi connectivity index (χ1) is 10.0. The first-order valence-corrected chi connectivity index (χ1v) is 6.77. The normalized spacial score (nSPS) is 18.9. The van der Waals surface area contributed by atoms with E-state index in [1.807, 2.05) is 5.01 Å². The van der Waals surface area contributed by atoms with Crippen molar-refractivity contribution in [2.75, 3.05) is 13.1 Å². The fourth-order valence-corrected chi connectivity index (χ4v) is 2.81. The maximum atomic E-state index is 12.5. The standard InChI is InChI=1S/C13H15N3O5/c17-10-8(13(20)21)6-14-7-15-4-2-1-3-5-16(15)12(19)9(14)11(10)18/h6,18H,1-5,7H2,(H,20,21). The first-order valence-electron chi connectivity index (χ1n) is 6.77. The highest BCUT2D eigenvalue weighted by Gasteiger charge is 2.35. The number of aromatic carboxylic acids is 1. The molecule has 1 saturated heterocycles. The fourth-order valence-electron chi connectivity index (χ4n) is 2.81. The van der Waals surface area contributed by atoms with Gasteiger partial charge in [-0.1, -0.05) is 6.42 Å². The highest BCUT2D eigenvalue weighted by Crippen LogP contribution is 2.25. The largest absolute Gasteiger partial charge is 0.503 e. The van der Waals surface area contributed by atoms with Gasteiger partial charge in [-0.25, -0.2) is 4.79 Å². The number of aromatic hydroxyl groups is 1. The molecule has 1 fully saturated rings. The molecule has 2 aliphatic heterocycles. The molecule has 1 aromatic rings. The number of rotatable bonds is 1. The Balaban J connectivity index is 2.15. The maximum absolute atomic E-state index is 12.5. The van der Waals surface area contributed by atoms with Crippen molar-refractivity contribution in [3.05, 3.63) is 27.7 Å². The van der Waals surface area contributed by atoms with Crippen molar-refractivity contribution in [3.63, 3.8) is 0 Å². The summed E-state index contributed by atoms with van der Waals surface area (Å²) in [6.45, 7) is 1.46. The third-order valence-corrected chi connectivity index (χ3v) is 3.87. The maximum Gasteiger partial charge on any atom is 0.341 e. The second-order valence-electron chi connectivity index (χ2n) is 5.20. The molecule has 0 radical (unpaired) electrons. The third-order valence-electron chi connectivity index (χ3n) is 3.87. The van der Waals surface area contributed by atoms with Gasteiger partial charge in [0.05, 0.1) is 6.67 Å². The summed E-state index contributed by atoms with van der Waals surface area (Å²) in [5, 5.41) is 22.3. The highest BCUT2D eigenvalue weighted by molar-refractivity contribution is 5.97. The van der Waals surface area contributed by atoms with Crippen molar-refractivity contribution in [3.8, 4) is 5.75 Å². The Kier molecular flexibility index (Phi) is 3.17. The minimum absolute atomic E-state index is 0.136. The number of pyridine rings is 1. The number of nitrogens with zero attached hydrogens (tertiary/aromatic N) is 3. The number of carbonyl (C=O) groups excluding carboxylic acids is 1. The molecule has 0 unspecified atom stereocenters. The van der Waals surface area contributed by atoms with E-state index in [-0.39, 0.29) is 12.4 Å². The van der Waals surface area contributed by atoms with Crippen molar-refractivity contribution in [2.24, 2.45) is 0 Å². The smallest absolute Gasteiger partial charge is 0.341 e. The van der Waals surface area contributed by atoms with Gasteiger partial charge in [-0.05, 0) is 12.8 Å².